The number of hydrogen-bond donors (Lipinski definition) is 1. The van der Waals surface area contributed by atoms with E-state index in [1.165, 1.54) is 5.56 Å². The minimum absolute atomic E-state index is 0.00961. The van der Waals surface area contributed by atoms with Crippen molar-refractivity contribution in [2.24, 2.45) is 11.7 Å². The van der Waals surface area contributed by atoms with Gasteiger partial charge in [0.2, 0.25) is 0 Å². The first-order valence-electron chi connectivity index (χ1n) is 7.19. The number of rotatable bonds is 5. The quantitative estimate of drug-likeness (QED) is 0.806. The molecule has 0 heterocycles. The average molecular weight is 288 g/mol. The molecule has 2 N–H and O–H groups in total. The number of halogens is 1. The van der Waals surface area contributed by atoms with Gasteiger partial charge in [0.1, 0.15) is 0 Å². The van der Waals surface area contributed by atoms with Crippen LogP contribution in [0.1, 0.15) is 43.4 Å². The van der Waals surface area contributed by atoms with Crippen molar-refractivity contribution < 1.29 is 0 Å². The molecule has 20 heavy (non-hydrogen) atoms. The molecule has 2 aromatic carbocycles. The molecular weight excluding hydrogens is 266 g/mol. The zero-order valence-electron chi connectivity index (χ0n) is 12.1. The maximum Gasteiger partial charge on any atom is 0.0406 e. The smallest absolute Gasteiger partial charge is 0.0406 e. The zero-order chi connectivity index (χ0) is 14.5. The summed E-state index contributed by atoms with van der Waals surface area (Å²) in [6.45, 7) is 4.49. The summed E-state index contributed by atoms with van der Waals surface area (Å²) >= 11 is 5.96. The Balaban J connectivity index is 2.34. The van der Waals surface area contributed by atoms with Crippen molar-refractivity contribution in [3.8, 4) is 0 Å². The average Bonchev–Trinajstić information content (AvgIpc) is 2.49. The lowest BCUT2D eigenvalue weighted by molar-refractivity contribution is 0.388. The predicted octanol–water partition coefficient (Wildman–Crippen LogP) is 5.17. The van der Waals surface area contributed by atoms with Gasteiger partial charge in [-0.15, -0.1) is 0 Å². The van der Waals surface area contributed by atoms with Crippen molar-refractivity contribution in [2.75, 3.05) is 0 Å². The van der Waals surface area contributed by atoms with E-state index in [0.29, 0.717) is 11.8 Å². The van der Waals surface area contributed by atoms with Crippen LogP contribution >= 0.6 is 11.6 Å². The molecule has 0 aliphatic carbocycles. The molecule has 1 nitrogen and oxygen atoms in total. The fourth-order valence-electron chi connectivity index (χ4n) is 2.71. The second-order valence-electron chi connectivity index (χ2n) is 5.40. The van der Waals surface area contributed by atoms with Gasteiger partial charge in [-0.2, -0.15) is 0 Å². The highest BCUT2D eigenvalue weighted by molar-refractivity contribution is 6.30. The molecular formula is C18H22ClN. The van der Waals surface area contributed by atoms with Gasteiger partial charge >= 0.3 is 0 Å². The van der Waals surface area contributed by atoms with Crippen LogP contribution in [0.3, 0.4) is 0 Å². The second kappa shape index (κ2) is 6.92. The summed E-state index contributed by atoms with van der Waals surface area (Å²) in [5.41, 5.74) is 9.01. The molecule has 3 unspecified atom stereocenters. The number of benzene rings is 2. The highest BCUT2D eigenvalue weighted by Crippen LogP contribution is 2.37. The first-order valence-corrected chi connectivity index (χ1v) is 7.57. The summed E-state index contributed by atoms with van der Waals surface area (Å²) in [7, 11) is 0. The third kappa shape index (κ3) is 3.41. The Morgan fingerprint density at radius 1 is 0.950 bits per heavy atom. The molecule has 106 valence electrons. The van der Waals surface area contributed by atoms with E-state index in [1.54, 1.807) is 0 Å². The molecule has 0 radical (unpaired) electrons. The van der Waals surface area contributed by atoms with Crippen LogP contribution in [-0.4, -0.2) is 0 Å². The Labute approximate surface area is 126 Å². The summed E-state index contributed by atoms with van der Waals surface area (Å²) in [5, 5.41) is 0.751. The fraction of sp³-hybridized carbons (Fsp3) is 0.333. The summed E-state index contributed by atoms with van der Waals surface area (Å²) in [4.78, 5) is 0. The molecule has 0 bridgehead atoms. The van der Waals surface area contributed by atoms with E-state index < -0.39 is 0 Å². The molecule has 2 aromatic rings. The van der Waals surface area contributed by atoms with Crippen molar-refractivity contribution in [2.45, 2.75) is 32.2 Å². The molecule has 2 heteroatoms. The van der Waals surface area contributed by atoms with Crippen LogP contribution in [0.25, 0.3) is 0 Å². The van der Waals surface area contributed by atoms with Gasteiger partial charge in [-0.25, -0.2) is 0 Å². The summed E-state index contributed by atoms with van der Waals surface area (Å²) < 4.78 is 0. The Morgan fingerprint density at radius 3 is 2.10 bits per heavy atom. The molecule has 0 saturated carbocycles. The van der Waals surface area contributed by atoms with Gasteiger partial charge in [-0.05, 0) is 29.2 Å². The molecule has 0 aliphatic rings. The fourth-order valence-corrected chi connectivity index (χ4v) is 2.84. The Hall–Kier alpha value is -1.31. The number of nitrogens with two attached hydrogens (primary N) is 1. The molecule has 2 rings (SSSR count). The maximum atomic E-state index is 6.55. The standard InChI is InChI=1S/C18H22ClN/c1-3-13(2)17(14-7-5-4-6-8-14)18(20)15-9-11-16(19)12-10-15/h4-13,17-18H,3,20H2,1-2H3. The van der Waals surface area contributed by atoms with E-state index in [1.807, 2.05) is 30.3 Å². The molecule has 0 saturated heterocycles. The van der Waals surface area contributed by atoms with Gasteiger partial charge in [-0.3, -0.25) is 0 Å². The van der Waals surface area contributed by atoms with E-state index in [2.05, 4.69) is 38.1 Å². The zero-order valence-corrected chi connectivity index (χ0v) is 12.8. The van der Waals surface area contributed by atoms with Crippen LogP contribution in [0.4, 0.5) is 0 Å². The molecule has 0 fully saturated rings. The first kappa shape index (κ1) is 15.1. The summed E-state index contributed by atoms with van der Waals surface area (Å²) in [5.74, 6) is 0.852. The van der Waals surface area contributed by atoms with Crippen LogP contribution in [0, 0.1) is 5.92 Å². The monoisotopic (exact) mass is 287 g/mol. The van der Waals surface area contributed by atoms with Gasteiger partial charge in [-0.1, -0.05) is 74.3 Å². The minimum Gasteiger partial charge on any atom is -0.323 e. The van der Waals surface area contributed by atoms with Crippen molar-refractivity contribution in [3.05, 3.63) is 70.7 Å². The van der Waals surface area contributed by atoms with Gasteiger partial charge in [0.25, 0.3) is 0 Å². The van der Waals surface area contributed by atoms with E-state index in [9.17, 15) is 0 Å². The van der Waals surface area contributed by atoms with Crippen molar-refractivity contribution in [1.82, 2.24) is 0 Å². The van der Waals surface area contributed by atoms with E-state index in [-0.39, 0.29) is 6.04 Å². The molecule has 3 atom stereocenters. The second-order valence-corrected chi connectivity index (χ2v) is 5.84. The topological polar surface area (TPSA) is 26.0 Å². The highest BCUT2D eigenvalue weighted by atomic mass is 35.5. The van der Waals surface area contributed by atoms with Crippen LogP contribution in [0.2, 0.25) is 5.02 Å². The van der Waals surface area contributed by atoms with Gasteiger partial charge in [0, 0.05) is 17.0 Å². The minimum atomic E-state index is -0.00961. The van der Waals surface area contributed by atoms with Gasteiger partial charge in [0.05, 0.1) is 0 Å². The van der Waals surface area contributed by atoms with Crippen molar-refractivity contribution >= 4 is 11.6 Å². The van der Waals surface area contributed by atoms with E-state index >= 15 is 0 Å². The molecule has 0 spiro atoms. The molecule has 0 aliphatic heterocycles. The Bertz CT molecular complexity index is 521. The number of hydrogen-bond acceptors (Lipinski definition) is 1. The lowest BCUT2D eigenvalue weighted by Gasteiger charge is -2.30. The lowest BCUT2D eigenvalue weighted by Crippen LogP contribution is -2.24. The third-order valence-corrected chi connectivity index (χ3v) is 4.34. The van der Waals surface area contributed by atoms with E-state index in [0.717, 1.165) is 17.0 Å². The molecule has 0 amide bonds. The van der Waals surface area contributed by atoms with Crippen molar-refractivity contribution in [3.63, 3.8) is 0 Å². The Morgan fingerprint density at radius 2 is 1.55 bits per heavy atom. The van der Waals surface area contributed by atoms with Crippen LogP contribution in [0.5, 0.6) is 0 Å². The van der Waals surface area contributed by atoms with E-state index in [4.69, 9.17) is 17.3 Å². The van der Waals surface area contributed by atoms with Gasteiger partial charge < -0.3 is 5.73 Å². The predicted molar refractivity (Wildman–Crippen MR) is 87.0 cm³/mol. The maximum absolute atomic E-state index is 6.55. The SMILES string of the molecule is CCC(C)C(c1ccccc1)C(N)c1ccc(Cl)cc1. The highest BCUT2D eigenvalue weighted by Gasteiger charge is 2.25. The van der Waals surface area contributed by atoms with Crippen molar-refractivity contribution in [1.29, 1.82) is 0 Å². The Kier molecular flexibility index (Phi) is 5.22. The van der Waals surface area contributed by atoms with Crippen LogP contribution in [-0.2, 0) is 0 Å². The largest absolute Gasteiger partial charge is 0.323 e. The first-order chi connectivity index (χ1) is 9.63. The molecule has 0 aromatic heterocycles. The summed E-state index contributed by atoms with van der Waals surface area (Å²) in [6, 6.07) is 18.4. The van der Waals surface area contributed by atoms with Crippen LogP contribution < -0.4 is 5.73 Å². The van der Waals surface area contributed by atoms with Gasteiger partial charge in [0.15, 0.2) is 0 Å². The lowest BCUT2D eigenvalue weighted by atomic mass is 9.78. The normalized spacial score (nSPS) is 15.6. The summed E-state index contributed by atoms with van der Waals surface area (Å²) in [6.07, 6.45) is 1.11. The third-order valence-electron chi connectivity index (χ3n) is 4.08. The van der Waals surface area contributed by atoms with Crippen LogP contribution in [0.15, 0.2) is 54.6 Å².